The molecular weight excluding hydrogens is 398 g/mol. The smallest absolute Gasteiger partial charge is 0.251 e. The van der Waals surface area contributed by atoms with Gasteiger partial charge in [0.15, 0.2) is 5.82 Å². The van der Waals surface area contributed by atoms with E-state index in [1.807, 2.05) is 31.3 Å². The number of carbonyl (C=O) groups is 1. The molecule has 160 valence electrons. The molecule has 5 rings (SSSR count). The van der Waals surface area contributed by atoms with Gasteiger partial charge >= 0.3 is 0 Å². The van der Waals surface area contributed by atoms with Crippen LogP contribution in [0.1, 0.15) is 15.9 Å². The normalized spacial score (nSPS) is 11.3. The highest BCUT2D eigenvalue weighted by Crippen LogP contribution is 2.31. The standard InChI is InChI=1S/C26H25N5O/c1-30-23-12-11-20(26(32)28-14-13-27)15-21(23)29-25(30)24-16-19-9-5-6-10-22(19)31(24)17-18-7-3-2-4-8-18/h2-12,15-16H,13-14,17,27H2,1H3,(H,28,32). The zero-order valence-electron chi connectivity index (χ0n) is 18.0. The van der Waals surface area contributed by atoms with Crippen LogP contribution in [0, 0.1) is 0 Å². The van der Waals surface area contributed by atoms with Gasteiger partial charge in [-0.1, -0.05) is 48.5 Å². The highest BCUT2D eigenvalue weighted by Gasteiger charge is 2.18. The van der Waals surface area contributed by atoms with Crippen molar-refractivity contribution in [3.05, 3.63) is 90.0 Å². The molecule has 0 bridgehead atoms. The van der Waals surface area contributed by atoms with Gasteiger partial charge in [0.05, 0.1) is 16.7 Å². The number of imidazole rings is 1. The Morgan fingerprint density at radius 3 is 2.56 bits per heavy atom. The van der Waals surface area contributed by atoms with Gasteiger partial charge in [-0.15, -0.1) is 0 Å². The number of para-hydroxylation sites is 1. The van der Waals surface area contributed by atoms with Crippen LogP contribution in [0.5, 0.6) is 0 Å². The fraction of sp³-hybridized carbons (Fsp3) is 0.154. The summed E-state index contributed by atoms with van der Waals surface area (Å²) in [4.78, 5) is 17.3. The number of amides is 1. The van der Waals surface area contributed by atoms with E-state index in [9.17, 15) is 4.79 Å². The Kier molecular flexibility index (Phi) is 5.21. The maximum Gasteiger partial charge on any atom is 0.251 e. The number of fused-ring (bicyclic) bond motifs is 2. The quantitative estimate of drug-likeness (QED) is 0.434. The molecule has 2 heterocycles. The first-order valence-corrected chi connectivity index (χ1v) is 10.7. The molecule has 2 aromatic heterocycles. The van der Waals surface area contributed by atoms with E-state index in [0.717, 1.165) is 29.1 Å². The number of nitrogens with zero attached hydrogens (tertiary/aromatic N) is 3. The fourth-order valence-electron chi connectivity index (χ4n) is 4.19. The van der Waals surface area contributed by atoms with Crippen molar-refractivity contribution in [1.29, 1.82) is 0 Å². The molecule has 0 aliphatic rings. The number of rotatable bonds is 6. The number of aromatic nitrogens is 3. The van der Waals surface area contributed by atoms with Gasteiger partial charge in [0, 0.05) is 43.1 Å². The number of aryl methyl sites for hydroxylation is 1. The fourth-order valence-corrected chi connectivity index (χ4v) is 4.19. The van der Waals surface area contributed by atoms with Crippen LogP contribution in [0.25, 0.3) is 33.5 Å². The Labute approximate surface area is 186 Å². The first-order valence-electron chi connectivity index (χ1n) is 10.7. The van der Waals surface area contributed by atoms with Crippen LogP contribution in [0.2, 0.25) is 0 Å². The Hall–Kier alpha value is -3.90. The van der Waals surface area contributed by atoms with Crippen molar-refractivity contribution in [2.45, 2.75) is 6.54 Å². The molecule has 6 nitrogen and oxygen atoms in total. The largest absolute Gasteiger partial charge is 0.351 e. The van der Waals surface area contributed by atoms with Crippen molar-refractivity contribution >= 4 is 27.8 Å². The molecule has 0 aliphatic carbocycles. The van der Waals surface area contributed by atoms with Gasteiger partial charge in [-0.3, -0.25) is 4.79 Å². The summed E-state index contributed by atoms with van der Waals surface area (Å²) in [5, 5.41) is 3.99. The summed E-state index contributed by atoms with van der Waals surface area (Å²) in [6.45, 7) is 1.61. The predicted octanol–water partition coefficient (Wildman–Crippen LogP) is 3.93. The summed E-state index contributed by atoms with van der Waals surface area (Å²) in [5.74, 6) is 0.731. The van der Waals surface area contributed by atoms with Crippen molar-refractivity contribution < 1.29 is 4.79 Å². The van der Waals surface area contributed by atoms with E-state index in [1.165, 1.54) is 16.5 Å². The van der Waals surface area contributed by atoms with Crippen molar-refractivity contribution in [2.24, 2.45) is 12.8 Å². The first kappa shape index (κ1) is 20.0. The monoisotopic (exact) mass is 423 g/mol. The summed E-state index contributed by atoms with van der Waals surface area (Å²) in [6, 6.07) is 26.6. The minimum Gasteiger partial charge on any atom is -0.351 e. The summed E-state index contributed by atoms with van der Waals surface area (Å²) < 4.78 is 4.40. The summed E-state index contributed by atoms with van der Waals surface area (Å²) in [5.41, 5.74) is 11.3. The lowest BCUT2D eigenvalue weighted by Crippen LogP contribution is -2.28. The van der Waals surface area contributed by atoms with Gasteiger partial charge in [-0.2, -0.15) is 0 Å². The third-order valence-corrected chi connectivity index (χ3v) is 5.80. The van der Waals surface area contributed by atoms with Gasteiger partial charge in [0.25, 0.3) is 5.91 Å². The topological polar surface area (TPSA) is 77.9 Å². The van der Waals surface area contributed by atoms with E-state index in [0.29, 0.717) is 18.7 Å². The van der Waals surface area contributed by atoms with Gasteiger partial charge in [0.2, 0.25) is 0 Å². The molecule has 0 saturated carbocycles. The van der Waals surface area contributed by atoms with Crippen LogP contribution in [-0.2, 0) is 13.6 Å². The second kappa shape index (κ2) is 8.32. The Morgan fingerprint density at radius 2 is 1.75 bits per heavy atom. The lowest BCUT2D eigenvalue weighted by atomic mass is 10.2. The molecule has 0 saturated heterocycles. The van der Waals surface area contributed by atoms with Gasteiger partial charge in [-0.05, 0) is 35.9 Å². The SMILES string of the molecule is Cn1c(-c2cc3ccccc3n2Cc2ccccc2)nc2cc(C(=O)NCCN)ccc21. The average Bonchev–Trinajstić information content (AvgIpc) is 3.35. The number of carbonyl (C=O) groups excluding carboxylic acids is 1. The zero-order chi connectivity index (χ0) is 22.1. The van der Waals surface area contributed by atoms with Gasteiger partial charge in [0.1, 0.15) is 0 Å². The molecule has 0 fully saturated rings. The minimum atomic E-state index is -0.136. The highest BCUT2D eigenvalue weighted by atomic mass is 16.1. The number of nitrogens with one attached hydrogen (secondary N) is 1. The van der Waals surface area contributed by atoms with Gasteiger partial charge < -0.3 is 20.2 Å². The van der Waals surface area contributed by atoms with E-state index >= 15 is 0 Å². The first-order chi connectivity index (χ1) is 15.7. The molecule has 32 heavy (non-hydrogen) atoms. The van der Waals surface area contributed by atoms with Crippen LogP contribution >= 0.6 is 0 Å². The number of nitrogens with two attached hydrogens (primary N) is 1. The van der Waals surface area contributed by atoms with E-state index in [2.05, 4.69) is 69.0 Å². The molecule has 6 heteroatoms. The molecular formula is C26H25N5O. The third-order valence-electron chi connectivity index (χ3n) is 5.80. The summed E-state index contributed by atoms with van der Waals surface area (Å²) >= 11 is 0. The maximum atomic E-state index is 12.4. The Morgan fingerprint density at radius 1 is 0.969 bits per heavy atom. The molecule has 5 aromatic rings. The molecule has 0 atom stereocenters. The minimum absolute atomic E-state index is 0.136. The van der Waals surface area contributed by atoms with Crippen LogP contribution < -0.4 is 11.1 Å². The molecule has 0 aliphatic heterocycles. The van der Waals surface area contributed by atoms with Crippen LogP contribution in [0.4, 0.5) is 0 Å². The predicted molar refractivity (Wildman–Crippen MR) is 129 cm³/mol. The zero-order valence-corrected chi connectivity index (χ0v) is 18.0. The lowest BCUT2D eigenvalue weighted by Gasteiger charge is -2.11. The van der Waals surface area contributed by atoms with Crippen molar-refractivity contribution in [3.8, 4) is 11.5 Å². The van der Waals surface area contributed by atoms with Crippen LogP contribution in [0.15, 0.2) is 78.9 Å². The van der Waals surface area contributed by atoms with Crippen molar-refractivity contribution in [1.82, 2.24) is 19.4 Å². The average molecular weight is 424 g/mol. The Bertz CT molecular complexity index is 1410. The highest BCUT2D eigenvalue weighted by molar-refractivity contribution is 5.98. The van der Waals surface area contributed by atoms with Crippen molar-refractivity contribution in [3.63, 3.8) is 0 Å². The molecule has 3 N–H and O–H groups in total. The maximum absolute atomic E-state index is 12.4. The summed E-state index contributed by atoms with van der Waals surface area (Å²) in [7, 11) is 2.02. The van der Waals surface area contributed by atoms with E-state index in [4.69, 9.17) is 10.7 Å². The third kappa shape index (κ3) is 3.55. The number of hydrogen-bond donors (Lipinski definition) is 2. The van der Waals surface area contributed by atoms with E-state index < -0.39 is 0 Å². The molecule has 0 spiro atoms. The number of benzene rings is 3. The molecule has 3 aromatic carbocycles. The molecule has 1 amide bonds. The van der Waals surface area contributed by atoms with Crippen LogP contribution in [-0.4, -0.2) is 33.1 Å². The molecule has 0 unspecified atom stereocenters. The van der Waals surface area contributed by atoms with E-state index in [-0.39, 0.29) is 5.91 Å². The second-order valence-corrected chi connectivity index (χ2v) is 7.90. The second-order valence-electron chi connectivity index (χ2n) is 7.90. The molecule has 0 radical (unpaired) electrons. The lowest BCUT2D eigenvalue weighted by molar-refractivity contribution is 0.0955. The van der Waals surface area contributed by atoms with Crippen molar-refractivity contribution in [2.75, 3.05) is 13.1 Å². The number of hydrogen-bond acceptors (Lipinski definition) is 3. The Balaban J connectivity index is 1.63. The van der Waals surface area contributed by atoms with Gasteiger partial charge in [-0.25, -0.2) is 4.98 Å². The summed E-state index contributed by atoms with van der Waals surface area (Å²) in [6.07, 6.45) is 0. The van der Waals surface area contributed by atoms with E-state index in [1.54, 1.807) is 0 Å². The van der Waals surface area contributed by atoms with Crippen LogP contribution in [0.3, 0.4) is 0 Å².